The van der Waals surface area contributed by atoms with Crippen molar-refractivity contribution in [3.05, 3.63) is 39.9 Å². The summed E-state index contributed by atoms with van der Waals surface area (Å²) in [4.78, 5) is 19.1. The van der Waals surface area contributed by atoms with Crippen LogP contribution in [0.1, 0.15) is 31.2 Å². The van der Waals surface area contributed by atoms with Crippen molar-refractivity contribution in [1.82, 2.24) is 9.97 Å². The third-order valence-electron chi connectivity index (χ3n) is 2.68. The van der Waals surface area contributed by atoms with Gasteiger partial charge in [0.2, 0.25) is 0 Å². The number of H-pyrrole nitrogens is 1. The highest BCUT2D eigenvalue weighted by Gasteiger charge is 2.03. The van der Waals surface area contributed by atoms with E-state index in [9.17, 15) is 4.79 Å². The first kappa shape index (κ1) is 10.9. The van der Waals surface area contributed by atoms with Gasteiger partial charge in [-0.05, 0) is 25.5 Å². The Labute approximate surface area is 94.5 Å². The van der Waals surface area contributed by atoms with Crippen LogP contribution in [0.3, 0.4) is 0 Å². The number of benzene rings is 1. The maximum Gasteiger partial charge on any atom is 0.258 e. The molecule has 2 aromatic rings. The zero-order valence-electron chi connectivity index (χ0n) is 9.71. The lowest BCUT2D eigenvalue weighted by Crippen LogP contribution is -2.12. The summed E-state index contributed by atoms with van der Waals surface area (Å²) < 4.78 is 0. The number of aromatic amines is 1. The second kappa shape index (κ2) is 4.47. The fourth-order valence-corrected chi connectivity index (χ4v) is 1.76. The molecule has 0 saturated carbocycles. The van der Waals surface area contributed by atoms with Gasteiger partial charge in [0.15, 0.2) is 0 Å². The summed E-state index contributed by atoms with van der Waals surface area (Å²) in [7, 11) is 0. The van der Waals surface area contributed by atoms with E-state index in [1.165, 1.54) is 0 Å². The number of aromatic nitrogens is 2. The van der Waals surface area contributed by atoms with E-state index >= 15 is 0 Å². The molecule has 0 spiro atoms. The Morgan fingerprint density at radius 3 is 2.94 bits per heavy atom. The van der Waals surface area contributed by atoms with Crippen molar-refractivity contribution in [1.29, 1.82) is 0 Å². The average molecular weight is 216 g/mol. The van der Waals surface area contributed by atoms with Gasteiger partial charge in [-0.3, -0.25) is 4.79 Å². The third-order valence-corrected chi connectivity index (χ3v) is 2.68. The molecule has 1 aromatic carbocycles. The number of aryl methyl sites for hydroxylation is 2. The van der Waals surface area contributed by atoms with Crippen LogP contribution >= 0.6 is 0 Å². The summed E-state index contributed by atoms with van der Waals surface area (Å²) in [6, 6.07) is 5.78. The molecular formula is C13H16N2O. The molecule has 2 rings (SSSR count). The lowest BCUT2D eigenvalue weighted by Gasteiger charge is -2.02. The summed E-state index contributed by atoms with van der Waals surface area (Å²) in [5, 5.41) is 0.681. The Morgan fingerprint density at radius 1 is 1.38 bits per heavy atom. The van der Waals surface area contributed by atoms with Crippen LogP contribution in [0.25, 0.3) is 10.9 Å². The predicted molar refractivity (Wildman–Crippen MR) is 65.7 cm³/mol. The summed E-state index contributed by atoms with van der Waals surface area (Å²) in [6.07, 6.45) is 3.01. The monoisotopic (exact) mass is 216 g/mol. The van der Waals surface area contributed by atoms with Gasteiger partial charge in [0.25, 0.3) is 5.56 Å². The van der Waals surface area contributed by atoms with Crippen molar-refractivity contribution in [2.24, 2.45) is 0 Å². The van der Waals surface area contributed by atoms with E-state index in [0.717, 1.165) is 36.2 Å². The fourth-order valence-electron chi connectivity index (χ4n) is 1.76. The Bertz CT molecular complexity index is 557. The Morgan fingerprint density at radius 2 is 2.19 bits per heavy atom. The average Bonchev–Trinajstić information content (AvgIpc) is 2.27. The number of fused-ring (bicyclic) bond motifs is 1. The van der Waals surface area contributed by atoms with E-state index in [1.807, 2.05) is 25.1 Å². The summed E-state index contributed by atoms with van der Waals surface area (Å²) in [6.45, 7) is 4.10. The molecular weight excluding hydrogens is 200 g/mol. The molecule has 0 atom stereocenters. The lowest BCUT2D eigenvalue weighted by molar-refractivity contribution is 0.753. The zero-order valence-corrected chi connectivity index (χ0v) is 9.71. The van der Waals surface area contributed by atoms with Crippen molar-refractivity contribution < 1.29 is 0 Å². The van der Waals surface area contributed by atoms with E-state index in [-0.39, 0.29) is 5.56 Å². The number of hydrogen-bond donors (Lipinski definition) is 1. The Kier molecular flexibility index (Phi) is 3.04. The van der Waals surface area contributed by atoms with Gasteiger partial charge in [-0.15, -0.1) is 0 Å². The Hall–Kier alpha value is -1.64. The molecule has 84 valence electrons. The molecule has 1 heterocycles. The van der Waals surface area contributed by atoms with Gasteiger partial charge in [-0.25, -0.2) is 4.98 Å². The smallest absolute Gasteiger partial charge is 0.258 e. The van der Waals surface area contributed by atoms with E-state index < -0.39 is 0 Å². The molecule has 1 N–H and O–H groups in total. The molecule has 0 fully saturated rings. The van der Waals surface area contributed by atoms with Crippen LogP contribution in [0.4, 0.5) is 0 Å². The highest BCUT2D eigenvalue weighted by atomic mass is 16.1. The number of hydrogen-bond acceptors (Lipinski definition) is 2. The molecule has 0 bridgehead atoms. The van der Waals surface area contributed by atoms with Gasteiger partial charge in [0.05, 0.1) is 10.9 Å². The quantitative estimate of drug-likeness (QED) is 0.857. The van der Waals surface area contributed by atoms with E-state index in [0.29, 0.717) is 5.39 Å². The first-order valence-corrected chi connectivity index (χ1v) is 5.70. The number of nitrogens with zero attached hydrogens (tertiary/aromatic N) is 1. The van der Waals surface area contributed by atoms with Crippen molar-refractivity contribution in [2.45, 2.75) is 33.1 Å². The van der Waals surface area contributed by atoms with Crippen LogP contribution in [0.5, 0.6) is 0 Å². The molecule has 3 nitrogen and oxygen atoms in total. The molecule has 0 saturated heterocycles. The van der Waals surface area contributed by atoms with Gasteiger partial charge in [-0.2, -0.15) is 0 Å². The van der Waals surface area contributed by atoms with Crippen LogP contribution in [0, 0.1) is 6.92 Å². The third kappa shape index (κ3) is 2.13. The van der Waals surface area contributed by atoms with Crippen LogP contribution in [0.2, 0.25) is 0 Å². The van der Waals surface area contributed by atoms with Crippen LogP contribution in [0.15, 0.2) is 23.0 Å². The molecule has 0 aliphatic carbocycles. The van der Waals surface area contributed by atoms with Gasteiger partial charge in [0.1, 0.15) is 5.82 Å². The highest BCUT2D eigenvalue weighted by Crippen LogP contribution is 2.10. The molecule has 0 amide bonds. The maximum atomic E-state index is 11.8. The largest absolute Gasteiger partial charge is 0.310 e. The van der Waals surface area contributed by atoms with E-state index in [1.54, 1.807) is 0 Å². The maximum absolute atomic E-state index is 11.8. The zero-order chi connectivity index (χ0) is 11.5. The summed E-state index contributed by atoms with van der Waals surface area (Å²) in [5.74, 6) is 0.795. The van der Waals surface area contributed by atoms with E-state index in [2.05, 4.69) is 16.9 Å². The van der Waals surface area contributed by atoms with Gasteiger partial charge in [0, 0.05) is 6.42 Å². The first-order valence-electron chi connectivity index (χ1n) is 5.70. The summed E-state index contributed by atoms with van der Waals surface area (Å²) in [5.41, 5.74) is 1.85. The van der Waals surface area contributed by atoms with Crippen molar-refractivity contribution in [2.75, 3.05) is 0 Å². The van der Waals surface area contributed by atoms with Crippen molar-refractivity contribution in [3.8, 4) is 0 Å². The fraction of sp³-hybridized carbons (Fsp3) is 0.385. The SMILES string of the molecule is CCCCc1nc2ccc(C)cc2c(=O)[nH]1. The molecule has 0 unspecified atom stereocenters. The minimum absolute atomic E-state index is 0.0280. The van der Waals surface area contributed by atoms with Crippen molar-refractivity contribution in [3.63, 3.8) is 0 Å². The Balaban J connectivity index is 2.51. The number of rotatable bonds is 3. The minimum Gasteiger partial charge on any atom is -0.310 e. The summed E-state index contributed by atoms with van der Waals surface area (Å²) >= 11 is 0. The standard InChI is InChI=1S/C13H16N2O/c1-3-4-5-12-14-11-7-6-9(2)8-10(11)13(16)15-12/h6-8H,3-5H2,1-2H3,(H,14,15,16). The number of unbranched alkanes of at least 4 members (excludes halogenated alkanes) is 1. The van der Waals surface area contributed by atoms with Crippen LogP contribution < -0.4 is 5.56 Å². The van der Waals surface area contributed by atoms with Crippen LogP contribution in [-0.2, 0) is 6.42 Å². The van der Waals surface area contributed by atoms with Gasteiger partial charge in [-0.1, -0.05) is 25.0 Å². The predicted octanol–water partition coefficient (Wildman–Crippen LogP) is 2.57. The normalized spacial score (nSPS) is 10.9. The lowest BCUT2D eigenvalue weighted by atomic mass is 10.1. The van der Waals surface area contributed by atoms with E-state index in [4.69, 9.17) is 0 Å². The number of nitrogens with one attached hydrogen (secondary N) is 1. The molecule has 0 aliphatic rings. The molecule has 16 heavy (non-hydrogen) atoms. The second-order valence-corrected chi connectivity index (χ2v) is 4.14. The molecule has 1 aromatic heterocycles. The highest BCUT2D eigenvalue weighted by molar-refractivity contribution is 5.78. The van der Waals surface area contributed by atoms with Gasteiger partial charge < -0.3 is 4.98 Å². The minimum atomic E-state index is -0.0280. The molecule has 3 heteroatoms. The second-order valence-electron chi connectivity index (χ2n) is 4.14. The first-order chi connectivity index (χ1) is 7.70. The molecule has 0 aliphatic heterocycles. The molecule has 0 radical (unpaired) electrons. The topological polar surface area (TPSA) is 45.8 Å². The van der Waals surface area contributed by atoms with Gasteiger partial charge >= 0.3 is 0 Å². The van der Waals surface area contributed by atoms with Crippen LogP contribution in [-0.4, -0.2) is 9.97 Å². The van der Waals surface area contributed by atoms with Crippen molar-refractivity contribution >= 4 is 10.9 Å².